The number of hydrogen-bond acceptors (Lipinski definition) is 8. The standard InChI is InChI=1S/C19H22N6O2/c1-13-23-19(27-24-13)15-6-7-17(22-11-15)21-10-14-4-2-8-20-18(14)25-9-3-5-16(26)12-25/h2,4,6-8,11,16,26H,3,5,9-10,12H2,1H3,(H,21,22)/t16-/m0/s1. The van der Waals surface area contributed by atoms with E-state index in [1.54, 1.807) is 19.3 Å². The number of aryl methyl sites for hydroxylation is 1. The number of piperidine rings is 1. The molecule has 0 saturated carbocycles. The molecule has 0 bridgehead atoms. The summed E-state index contributed by atoms with van der Waals surface area (Å²) in [6.07, 6.45) is 5.04. The fourth-order valence-corrected chi connectivity index (χ4v) is 3.23. The maximum Gasteiger partial charge on any atom is 0.259 e. The van der Waals surface area contributed by atoms with Crippen molar-refractivity contribution in [1.29, 1.82) is 0 Å². The minimum absolute atomic E-state index is 0.288. The van der Waals surface area contributed by atoms with Gasteiger partial charge in [-0.15, -0.1) is 0 Å². The monoisotopic (exact) mass is 366 g/mol. The molecule has 3 aromatic rings. The normalized spacial score (nSPS) is 17.1. The lowest BCUT2D eigenvalue weighted by atomic mass is 10.1. The number of anilines is 2. The molecule has 0 unspecified atom stereocenters. The fourth-order valence-electron chi connectivity index (χ4n) is 3.23. The SMILES string of the molecule is Cc1noc(-c2ccc(NCc3cccnc3N3CCC[C@H](O)C3)nc2)n1. The molecule has 2 N–H and O–H groups in total. The topological polar surface area (TPSA) is 100 Å². The van der Waals surface area contributed by atoms with Crippen molar-refractivity contribution in [1.82, 2.24) is 20.1 Å². The number of rotatable bonds is 5. The molecule has 1 aliphatic heterocycles. The highest BCUT2D eigenvalue weighted by molar-refractivity contribution is 5.55. The van der Waals surface area contributed by atoms with Crippen molar-refractivity contribution in [3.05, 3.63) is 48.0 Å². The first-order valence-corrected chi connectivity index (χ1v) is 9.06. The van der Waals surface area contributed by atoms with Crippen LogP contribution in [0.15, 0.2) is 41.2 Å². The zero-order valence-corrected chi connectivity index (χ0v) is 15.2. The summed E-state index contributed by atoms with van der Waals surface area (Å²) in [6.45, 7) is 3.92. The Bertz CT molecular complexity index is 895. The maximum absolute atomic E-state index is 9.95. The predicted octanol–water partition coefficient (Wildman–Crippen LogP) is 2.41. The lowest BCUT2D eigenvalue weighted by Crippen LogP contribution is -2.39. The van der Waals surface area contributed by atoms with Crippen molar-refractivity contribution in [3.63, 3.8) is 0 Å². The van der Waals surface area contributed by atoms with E-state index in [9.17, 15) is 5.11 Å². The smallest absolute Gasteiger partial charge is 0.259 e. The molecule has 0 aromatic carbocycles. The number of nitrogens with one attached hydrogen (secondary N) is 1. The second-order valence-electron chi connectivity index (χ2n) is 6.66. The number of aliphatic hydroxyl groups excluding tert-OH is 1. The van der Waals surface area contributed by atoms with Gasteiger partial charge in [-0.2, -0.15) is 4.98 Å². The molecule has 0 aliphatic carbocycles. The molecule has 0 spiro atoms. The molecule has 8 heteroatoms. The first kappa shape index (κ1) is 17.4. The molecule has 1 fully saturated rings. The number of pyridine rings is 2. The molecule has 4 heterocycles. The van der Waals surface area contributed by atoms with Crippen LogP contribution < -0.4 is 10.2 Å². The molecule has 140 valence electrons. The van der Waals surface area contributed by atoms with Crippen molar-refractivity contribution in [2.45, 2.75) is 32.4 Å². The van der Waals surface area contributed by atoms with Gasteiger partial charge in [-0.25, -0.2) is 9.97 Å². The van der Waals surface area contributed by atoms with Crippen molar-refractivity contribution in [2.75, 3.05) is 23.3 Å². The number of β-amino-alcohol motifs (C(OH)–C–C–N with tert-alkyl or cyclic N) is 1. The van der Waals surface area contributed by atoms with Gasteiger partial charge >= 0.3 is 0 Å². The van der Waals surface area contributed by atoms with E-state index in [4.69, 9.17) is 4.52 Å². The van der Waals surface area contributed by atoms with Gasteiger partial charge in [0.1, 0.15) is 11.6 Å². The Morgan fingerprint density at radius 1 is 1.30 bits per heavy atom. The lowest BCUT2D eigenvalue weighted by molar-refractivity contribution is 0.154. The quantitative estimate of drug-likeness (QED) is 0.710. The summed E-state index contributed by atoms with van der Waals surface area (Å²) >= 11 is 0. The number of aromatic nitrogens is 4. The van der Waals surface area contributed by atoms with Crippen molar-refractivity contribution in [3.8, 4) is 11.5 Å². The molecule has 0 amide bonds. The van der Waals surface area contributed by atoms with Crippen LogP contribution in [0.3, 0.4) is 0 Å². The zero-order chi connectivity index (χ0) is 18.6. The van der Waals surface area contributed by atoms with Crippen LogP contribution in [0.1, 0.15) is 24.2 Å². The molecule has 27 heavy (non-hydrogen) atoms. The summed E-state index contributed by atoms with van der Waals surface area (Å²) in [5, 5.41) is 17.1. The Balaban J connectivity index is 1.44. The molecule has 1 saturated heterocycles. The van der Waals surface area contributed by atoms with E-state index in [1.165, 1.54) is 0 Å². The average molecular weight is 366 g/mol. The number of aliphatic hydroxyl groups is 1. The molecular formula is C19H22N6O2. The predicted molar refractivity (Wildman–Crippen MR) is 101 cm³/mol. The zero-order valence-electron chi connectivity index (χ0n) is 15.2. The van der Waals surface area contributed by atoms with Crippen molar-refractivity contribution >= 4 is 11.6 Å². The molecule has 1 atom stereocenters. The second kappa shape index (κ2) is 7.71. The first-order chi connectivity index (χ1) is 13.2. The summed E-state index contributed by atoms with van der Waals surface area (Å²) < 4.78 is 5.16. The van der Waals surface area contributed by atoms with Gasteiger partial charge in [0, 0.05) is 37.6 Å². The van der Waals surface area contributed by atoms with E-state index in [2.05, 4.69) is 30.3 Å². The van der Waals surface area contributed by atoms with Crippen LogP contribution in [0.4, 0.5) is 11.6 Å². The molecule has 3 aromatic heterocycles. The Hall–Kier alpha value is -3.00. The van der Waals surface area contributed by atoms with E-state index < -0.39 is 0 Å². The Morgan fingerprint density at radius 3 is 2.96 bits per heavy atom. The highest BCUT2D eigenvalue weighted by atomic mass is 16.5. The van der Waals surface area contributed by atoms with E-state index in [0.717, 1.165) is 42.1 Å². The average Bonchev–Trinajstić information content (AvgIpc) is 3.13. The Morgan fingerprint density at radius 2 is 2.22 bits per heavy atom. The van der Waals surface area contributed by atoms with E-state index in [1.807, 2.05) is 24.3 Å². The van der Waals surface area contributed by atoms with Gasteiger partial charge in [-0.3, -0.25) is 0 Å². The third-order valence-electron chi connectivity index (χ3n) is 4.56. The van der Waals surface area contributed by atoms with Gasteiger partial charge < -0.3 is 19.8 Å². The number of hydrogen-bond donors (Lipinski definition) is 2. The summed E-state index contributed by atoms with van der Waals surface area (Å²) in [7, 11) is 0. The van der Waals surface area contributed by atoms with Gasteiger partial charge in [0.05, 0.1) is 11.7 Å². The molecule has 8 nitrogen and oxygen atoms in total. The lowest BCUT2D eigenvalue weighted by Gasteiger charge is -2.32. The largest absolute Gasteiger partial charge is 0.391 e. The molecule has 4 rings (SSSR count). The molecular weight excluding hydrogens is 344 g/mol. The summed E-state index contributed by atoms with van der Waals surface area (Å²) in [4.78, 5) is 15.3. The molecule has 0 radical (unpaired) electrons. The second-order valence-corrected chi connectivity index (χ2v) is 6.66. The minimum Gasteiger partial charge on any atom is -0.391 e. The summed E-state index contributed by atoms with van der Waals surface area (Å²) in [6, 6.07) is 7.75. The highest BCUT2D eigenvalue weighted by Crippen LogP contribution is 2.23. The number of nitrogens with zero attached hydrogens (tertiary/aromatic N) is 5. The van der Waals surface area contributed by atoms with Crippen molar-refractivity contribution in [2.24, 2.45) is 0 Å². The van der Waals surface area contributed by atoms with Crippen LogP contribution >= 0.6 is 0 Å². The van der Waals surface area contributed by atoms with Crippen LogP contribution in [0.2, 0.25) is 0 Å². The van der Waals surface area contributed by atoms with E-state index in [-0.39, 0.29) is 6.10 Å². The Kier molecular flexibility index (Phi) is 4.97. The van der Waals surface area contributed by atoms with Crippen LogP contribution in [-0.4, -0.2) is 44.4 Å². The van der Waals surface area contributed by atoms with Crippen LogP contribution in [0.25, 0.3) is 11.5 Å². The van der Waals surface area contributed by atoms with Gasteiger partial charge in [-0.1, -0.05) is 11.2 Å². The third-order valence-corrected chi connectivity index (χ3v) is 4.56. The summed E-state index contributed by atoms with van der Waals surface area (Å²) in [5.74, 6) is 2.73. The maximum atomic E-state index is 9.95. The van der Waals surface area contributed by atoms with Crippen LogP contribution in [0.5, 0.6) is 0 Å². The Labute approximate surface area is 157 Å². The summed E-state index contributed by atoms with van der Waals surface area (Å²) in [5.41, 5.74) is 1.86. The first-order valence-electron chi connectivity index (χ1n) is 9.06. The fraction of sp³-hybridized carbons (Fsp3) is 0.368. The van der Waals surface area contributed by atoms with E-state index >= 15 is 0 Å². The van der Waals surface area contributed by atoms with Crippen molar-refractivity contribution < 1.29 is 9.63 Å². The van der Waals surface area contributed by atoms with E-state index in [0.29, 0.717) is 24.8 Å². The van der Waals surface area contributed by atoms with Gasteiger partial charge in [0.15, 0.2) is 5.82 Å². The van der Waals surface area contributed by atoms with Crippen LogP contribution in [-0.2, 0) is 6.54 Å². The van der Waals surface area contributed by atoms with Gasteiger partial charge in [0.2, 0.25) is 0 Å². The van der Waals surface area contributed by atoms with Gasteiger partial charge in [0.25, 0.3) is 5.89 Å². The highest BCUT2D eigenvalue weighted by Gasteiger charge is 2.20. The molecule has 1 aliphatic rings. The van der Waals surface area contributed by atoms with Gasteiger partial charge in [-0.05, 0) is 38.0 Å². The third kappa shape index (κ3) is 4.06. The van der Waals surface area contributed by atoms with Crippen LogP contribution in [0, 0.1) is 6.92 Å². The minimum atomic E-state index is -0.288.